The van der Waals surface area contributed by atoms with Crippen LogP contribution in [-0.2, 0) is 16.1 Å². The fourth-order valence-corrected chi connectivity index (χ4v) is 1.75. The van der Waals surface area contributed by atoms with Gasteiger partial charge in [0.15, 0.2) is 0 Å². The van der Waals surface area contributed by atoms with Gasteiger partial charge in [-0.25, -0.2) is 0 Å². The topological polar surface area (TPSA) is 49.8 Å². The molecule has 0 saturated carbocycles. The molecular weight excluding hydrogens is 242 g/mol. The van der Waals surface area contributed by atoms with Crippen LogP contribution in [0.25, 0.3) is 0 Å². The van der Waals surface area contributed by atoms with Crippen LogP contribution < -0.4 is 0 Å². The van der Waals surface area contributed by atoms with Crippen molar-refractivity contribution in [3.8, 4) is 0 Å². The van der Waals surface area contributed by atoms with Crippen LogP contribution in [-0.4, -0.2) is 41.3 Å². The molecule has 0 bridgehead atoms. The van der Waals surface area contributed by atoms with Crippen molar-refractivity contribution in [2.24, 2.45) is 0 Å². The Kier molecular flexibility index (Phi) is 5.51. The quantitative estimate of drug-likeness (QED) is 0.825. The number of hydrogen-bond donors (Lipinski definition) is 1. The Hall–Kier alpha value is -1.39. The molecule has 0 unspecified atom stereocenters. The molecule has 0 fully saturated rings. The molecule has 1 N–H and O–H groups in total. The van der Waals surface area contributed by atoms with Gasteiger partial charge in [-0.1, -0.05) is 30.3 Å². The molecule has 19 heavy (non-hydrogen) atoms. The van der Waals surface area contributed by atoms with E-state index in [2.05, 4.69) is 0 Å². The predicted octanol–water partition coefficient (Wildman–Crippen LogP) is 1.82. The van der Waals surface area contributed by atoms with Crippen molar-refractivity contribution in [3.05, 3.63) is 35.9 Å². The second-order valence-corrected chi connectivity index (χ2v) is 5.63. The van der Waals surface area contributed by atoms with Crippen molar-refractivity contribution >= 4 is 5.97 Å². The number of carbonyl (C=O) groups excluding carboxylic acids is 1. The summed E-state index contributed by atoms with van der Waals surface area (Å²) >= 11 is 0. The van der Waals surface area contributed by atoms with E-state index in [-0.39, 0.29) is 6.61 Å². The van der Waals surface area contributed by atoms with Crippen LogP contribution in [0.4, 0.5) is 0 Å². The minimum absolute atomic E-state index is 0.252. The van der Waals surface area contributed by atoms with Gasteiger partial charge in [0.1, 0.15) is 11.6 Å². The number of carbonyl (C=O) groups is 1. The van der Waals surface area contributed by atoms with E-state index in [4.69, 9.17) is 4.74 Å². The van der Waals surface area contributed by atoms with E-state index < -0.39 is 17.6 Å². The lowest BCUT2D eigenvalue weighted by Crippen LogP contribution is -2.44. The second-order valence-electron chi connectivity index (χ2n) is 5.63. The highest BCUT2D eigenvalue weighted by atomic mass is 16.6. The number of ether oxygens (including phenoxy) is 1. The largest absolute Gasteiger partial charge is 0.459 e. The third-order valence-corrected chi connectivity index (χ3v) is 2.66. The summed E-state index contributed by atoms with van der Waals surface area (Å²) in [6, 6.07) is 9.18. The summed E-state index contributed by atoms with van der Waals surface area (Å²) < 4.78 is 5.31. The fourth-order valence-electron chi connectivity index (χ4n) is 1.75. The number of esters is 1. The maximum absolute atomic E-state index is 12.0. The zero-order chi connectivity index (χ0) is 14.5. The summed E-state index contributed by atoms with van der Waals surface area (Å²) in [5.74, 6) is -0.395. The number of rotatable bonds is 5. The molecule has 0 saturated heterocycles. The average molecular weight is 265 g/mol. The lowest BCUT2D eigenvalue weighted by molar-refractivity contribution is -0.162. The standard InChI is InChI=1S/C15H23NO3/c1-15(2,3)19-14(18)13(11-17)16(4)10-12-8-6-5-7-9-12/h5-9,13,17H,10-11H2,1-4H3/t13-/m0/s1. The summed E-state index contributed by atoms with van der Waals surface area (Å²) in [6.45, 7) is 5.78. The van der Waals surface area contributed by atoms with E-state index in [1.165, 1.54) is 0 Å². The van der Waals surface area contributed by atoms with Crippen LogP contribution in [0, 0.1) is 0 Å². The van der Waals surface area contributed by atoms with Crippen LogP contribution in [0.15, 0.2) is 30.3 Å². The Bertz CT molecular complexity index is 398. The monoisotopic (exact) mass is 265 g/mol. The molecule has 1 rings (SSSR count). The molecule has 4 nitrogen and oxygen atoms in total. The number of aliphatic hydroxyl groups is 1. The first-order valence-corrected chi connectivity index (χ1v) is 6.41. The molecule has 0 aromatic heterocycles. The fraction of sp³-hybridized carbons (Fsp3) is 0.533. The van der Waals surface area contributed by atoms with Crippen molar-refractivity contribution in [1.82, 2.24) is 4.90 Å². The number of hydrogen-bond acceptors (Lipinski definition) is 4. The second kappa shape index (κ2) is 6.68. The zero-order valence-electron chi connectivity index (χ0n) is 12.1. The van der Waals surface area contributed by atoms with Crippen LogP contribution in [0.2, 0.25) is 0 Å². The van der Waals surface area contributed by atoms with Crippen LogP contribution in [0.5, 0.6) is 0 Å². The Morgan fingerprint density at radius 1 is 1.32 bits per heavy atom. The summed E-state index contributed by atoms with van der Waals surface area (Å²) in [5.41, 5.74) is 0.546. The van der Waals surface area contributed by atoms with E-state index in [0.29, 0.717) is 6.54 Å². The van der Waals surface area contributed by atoms with Gasteiger partial charge in [0, 0.05) is 6.54 Å². The minimum atomic E-state index is -0.639. The first-order valence-electron chi connectivity index (χ1n) is 6.41. The van der Waals surface area contributed by atoms with E-state index in [0.717, 1.165) is 5.56 Å². The molecule has 0 aliphatic heterocycles. The first kappa shape index (κ1) is 15.7. The van der Waals surface area contributed by atoms with Gasteiger partial charge in [0.2, 0.25) is 0 Å². The van der Waals surface area contributed by atoms with Crippen molar-refractivity contribution in [3.63, 3.8) is 0 Å². The predicted molar refractivity (Wildman–Crippen MR) is 74.6 cm³/mol. The summed E-state index contributed by atoms with van der Waals surface area (Å²) in [5, 5.41) is 9.40. The molecule has 0 amide bonds. The Morgan fingerprint density at radius 3 is 2.37 bits per heavy atom. The molecule has 0 aliphatic rings. The lowest BCUT2D eigenvalue weighted by atomic mass is 10.1. The highest BCUT2D eigenvalue weighted by molar-refractivity contribution is 5.76. The first-order chi connectivity index (χ1) is 8.83. The summed E-state index contributed by atoms with van der Waals surface area (Å²) in [6.07, 6.45) is 0. The van der Waals surface area contributed by atoms with Gasteiger partial charge in [-0.05, 0) is 33.4 Å². The average Bonchev–Trinajstić information content (AvgIpc) is 2.28. The van der Waals surface area contributed by atoms with Crippen LogP contribution in [0.1, 0.15) is 26.3 Å². The number of aliphatic hydroxyl groups excluding tert-OH is 1. The number of likely N-dealkylation sites (N-methyl/N-ethyl adjacent to an activating group) is 1. The maximum atomic E-state index is 12.0. The number of benzene rings is 1. The van der Waals surface area contributed by atoms with Gasteiger partial charge in [-0.15, -0.1) is 0 Å². The SMILES string of the molecule is CN(Cc1ccccc1)[C@@H](CO)C(=O)OC(C)(C)C. The summed E-state index contributed by atoms with van der Waals surface area (Å²) in [4.78, 5) is 13.8. The van der Waals surface area contributed by atoms with E-state index in [1.54, 1.807) is 11.9 Å². The molecule has 106 valence electrons. The Labute approximate surface area is 115 Å². The molecule has 0 radical (unpaired) electrons. The van der Waals surface area contributed by atoms with Crippen molar-refractivity contribution in [2.45, 2.75) is 39.0 Å². The van der Waals surface area contributed by atoms with E-state index in [9.17, 15) is 9.90 Å². The normalized spacial score (nSPS) is 13.4. The minimum Gasteiger partial charge on any atom is -0.459 e. The number of nitrogens with zero attached hydrogens (tertiary/aromatic N) is 1. The van der Waals surface area contributed by atoms with E-state index >= 15 is 0 Å². The highest BCUT2D eigenvalue weighted by Gasteiger charge is 2.27. The van der Waals surface area contributed by atoms with Gasteiger partial charge in [-0.3, -0.25) is 9.69 Å². The van der Waals surface area contributed by atoms with Crippen molar-refractivity contribution in [2.75, 3.05) is 13.7 Å². The van der Waals surface area contributed by atoms with Crippen LogP contribution >= 0.6 is 0 Å². The lowest BCUT2D eigenvalue weighted by Gasteiger charge is -2.28. The van der Waals surface area contributed by atoms with Crippen molar-refractivity contribution in [1.29, 1.82) is 0 Å². The third-order valence-electron chi connectivity index (χ3n) is 2.66. The zero-order valence-corrected chi connectivity index (χ0v) is 12.1. The third kappa shape index (κ3) is 5.41. The van der Waals surface area contributed by atoms with Gasteiger partial charge in [0.05, 0.1) is 6.61 Å². The molecule has 0 aliphatic carbocycles. The molecule has 1 aromatic rings. The molecule has 1 aromatic carbocycles. The van der Waals surface area contributed by atoms with E-state index in [1.807, 2.05) is 51.1 Å². The molecule has 0 heterocycles. The molecule has 0 spiro atoms. The maximum Gasteiger partial charge on any atom is 0.326 e. The van der Waals surface area contributed by atoms with Gasteiger partial charge < -0.3 is 9.84 Å². The van der Waals surface area contributed by atoms with Crippen LogP contribution in [0.3, 0.4) is 0 Å². The highest BCUT2D eigenvalue weighted by Crippen LogP contribution is 2.12. The summed E-state index contributed by atoms with van der Waals surface area (Å²) in [7, 11) is 1.80. The van der Waals surface area contributed by atoms with Gasteiger partial charge in [0.25, 0.3) is 0 Å². The van der Waals surface area contributed by atoms with Gasteiger partial charge in [-0.2, -0.15) is 0 Å². The smallest absolute Gasteiger partial charge is 0.326 e. The van der Waals surface area contributed by atoms with Gasteiger partial charge >= 0.3 is 5.97 Å². The molecule has 1 atom stereocenters. The molecular formula is C15H23NO3. The Morgan fingerprint density at radius 2 is 1.89 bits per heavy atom. The Balaban J connectivity index is 2.66. The van der Waals surface area contributed by atoms with Crippen molar-refractivity contribution < 1.29 is 14.6 Å². The molecule has 4 heteroatoms.